The minimum atomic E-state index is -0.212. The van der Waals surface area contributed by atoms with Crippen molar-refractivity contribution in [2.75, 3.05) is 0 Å². The molecule has 0 N–H and O–H groups in total. The van der Waals surface area contributed by atoms with Crippen LogP contribution in [0, 0.1) is 17.7 Å². The molecule has 0 fully saturated rings. The molecule has 0 aliphatic carbocycles. The molecule has 0 unspecified atom stereocenters. The minimum Gasteiger partial charge on any atom is -0.207 e. The smallest absolute Gasteiger partial charge is 0.123 e. The Labute approximate surface area is 191 Å². The van der Waals surface area contributed by atoms with Crippen LogP contribution in [0.15, 0.2) is 84.9 Å². The Morgan fingerprint density at radius 2 is 1.09 bits per heavy atom. The van der Waals surface area contributed by atoms with Crippen molar-refractivity contribution in [2.45, 2.75) is 45.4 Å². The SMILES string of the molecule is CCCCCc1ccc(CCc2ccc(C#Cc3ccc4cc(F)ccc4c3)cc2)cc1. The van der Waals surface area contributed by atoms with Gasteiger partial charge in [0.2, 0.25) is 0 Å². The fourth-order valence-electron chi connectivity index (χ4n) is 3.93. The monoisotopic (exact) mass is 420 g/mol. The third-order valence-corrected chi connectivity index (χ3v) is 5.90. The number of benzene rings is 4. The molecular weight excluding hydrogens is 391 g/mol. The summed E-state index contributed by atoms with van der Waals surface area (Å²) in [5.41, 5.74) is 6.11. The van der Waals surface area contributed by atoms with Crippen LogP contribution in [-0.2, 0) is 19.3 Å². The summed E-state index contributed by atoms with van der Waals surface area (Å²) < 4.78 is 13.3. The maximum absolute atomic E-state index is 13.3. The molecule has 0 atom stereocenters. The van der Waals surface area contributed by atoms with E-state index in [1.54, 1.807) is 12.1 Å². The van der Waals surface area contributed by atoms with Crippen molar-refractivity contribution in [1.29, 1.82) is 0 Å². The lowest BCUT2D eigenvalue weighted by Gasteiger charge is -2.05. The molecule has 0 saturated heterocycles. The Bertz CT molecular complexity index is 1220. The van der Waals surface area contributed by atoms with Gasteiger partial charge in [0, 0.05) is 11.1 Å². The van der Waals surface area contributed by atoms with Gasteiger partial charge in [-0.15, -0.1) is 0 Å². The van der Waals surface area contributed by atoms with Gasteiger partial charge in [-0.25, -0.2) is 4.39 Å². The number of aryl methyl sites for hydroxylation is 3. The van der Waals surface area contributed by atoms with Crippen molar-refractivity contribution in [3.05, 3.63) is 119 Å². The van der Waals surface area contributed by atoms with Gasteiger partial charge in [-0.05, 0) is 89.5 Å². The Kier molecular flexibility index (Phi) is 7.36. The lowest BCUT2D eigenvalue weighted by atomic mass is 10.0. The van der Waals surface area contributed by atoms with E-state index in [-0.39, 0.29) is 5.82 Å². The predicted octanol–water partition coefficient (Wildman–Crippen LogP) is 7.90. The van der Waals surface area contributed by atoms with Crippen LogP contribution >= 0.6 is 0 Å². The summed E-state index contributed by atoms with van der Waals surface area (Å²) in [4.78, 5) is 0. The van der Waals surface area contributed by atoms with Crippen LogP contribution in [0.3, 0.4) is 0 Å². The summed E-state index contributed by atoms with van der Waals surface area (Å²) in [5.74, 6) is 6.25. The highest BCUT2D eigenvalue weighted by Gasteiger charge is 1.99. The van der Waals surface area contributed by atoms with E-state index in [1.165, 1.54) is 48.4 Å². The summed E-state index contributed by atoms with van der Waals surface area (Å²) in [6.45, 7) is 2.25. The molecule has 0 aliphatic heterocycles. The first-order chi connectivity index (χ1) is 15.7. The van der Waals surface area contributed by atoms with Crippen molar-refractivity contribution in [1.82, 2.24) is 0 Å². The molecule has 160 valence electrons. The molecule has 4 rings (SSSR count). The summed E-state index contributed by atoms with van der Waals surface area (Å²) in [6, 6.07) is 28.4. The van der Waals surface area contributed by atoms with Gasteiger partial charge >= 0.3 is 0 Å². The van der Waals surface area contributed by atoms with Gasteiger partial charge in [0.15, 0.2) is 0 Å². The van der Waals surface area contributed by atoms with E-state index in [9.17, 15) is 4.39 Å². The van der Waals surface area contributed by atoms with Gasteiger partial charge in [-0.1, -0.05) is 80.1 Å². The summed E-state index contributed by atoms with van der Waals surface area (Å²) >= 11 is 0. The fourth-order valence-corrected chi connectivity index (χ4v) is 3.93. The quantitative estimate of drug-likeness (QED) is 0.211. The van der Waals surface area contributed by atoms with E-state index in [4.69, 9.17) is 0 Å². The summed E-state index contributed by atoms with van der Waals surface area (Å²) in [7, 11) is 0. The fraction of sp³-hybridized carbons (Fsp3) is 0.226. The average Bonchev–Trinajstić information content (AvgIpc) is 2.83. The molecular formula is C31H29F. The van der Waals surface area contributed by atoms with Gasteiger partial charge < -0.3 is 0 Å². The molecule has 0 heterocycles. The van der Waals surface area contributed by atoms with E-state index < -0.39 is 0 Å². The van der Waals surface area contributed by atoms with Crippen LogP contribution in [0.25, 0.3) is 10.8 Å². The van der Waals surface area contributed by atoms with Crippen LogP contribution in [0.1, 0.15) is 54.0 Å². The molecule has 4 aromatic carbocycles. The molecule has 1 heteroatoms. The van der Waals surface area contributed by atoms with Crippen molar-refractivity contribution in [2.24, 2.45) is 0 Å². The second-order valence-corrected chi connectivity index (χ2v) is 8.43. The molecule has 0 aliphatic rings. The number of unbranched alkanes of at least 4 members (excludes halogenated alkanes) is 2. The van der Waals surface area contributed by atoms with Crippen molar-refractivity contribution < 1.29 is 4.39 Å². The lowest BCUT2D eigenvalue weighted by Crippen LogP contribution is -1.93. The first kappa shape index (κ1) is 21.8. The third kappa shape index (κ3) is 6.08. The molecule has 0 saturated carbocycles. The molecule has 0 bridgehead atoms. The normalized spacial score (nSPS) is 10.7. The van der Waals surface area contributed by atoms with E-state index in [2.05, 4.69) is 67.3 Å². The molecule has 0 aromatic heterocycles. The van der Waals surface area contributed by atoms with Crippen LogP contribution < -0.4 is 0 Å². The van der Waals surface area contributed by atoms with Gasteiger partial charge in [0.1, 0.15) is 5.82 Å². The minimum absolute atomic E-state index is 0.212. The molecule has 0 radical (unpaired) electrons. The van der Waals surface area contributed by atoms with Gasteiger partial charge in [0.05, 0.1) is 0 Å². The molecule has 0 spiro atoms. The zero-order valence-corrected chi connectivity index (χ0v) is 18.7. The van der Waals surface area contributed by atoms with Crippen LogP contribution in [0.5, 0.6) is 0 Å². The van der Waals surface area contributed by atoms with Gasteiger partial charge in [0.25, 0.3) is 0 Å². The third-order valence-electron chi connectivity index (χ3n) is 5.90. The molecule has 32 heavy (non-hydrogen) atoms. The van der Waals surface area contributed by atoms with E-state index in [0.29, 0.717) is 0 Å². The van der Waals surface area contributed by atoms with Crippen LogP contribution in [0.2, 0.25) is 0 Å². The largest absolute Gasteiger partial charge is 0.207 e. The maximum Gasteiger partial charge on any atom is 0.123 e. The Balaban J connectivity index is 1.33. The predicted molar refractivity (Wildman–Crippen MR) is 133 cm³/mol. The number of hydrogen-bond acceptors (Lipinski definition) is 0. The van der Waals surface area contributed by atoms with Gasteiger partial charge in [-0.3, -0.25) is 0 Å². The highest BCUT2D eigenvalue weighted by Crippen LogP contribution is 2.17. The first-order valence-corrected chi connectivity index (χ1v) is 11.6. The van der Waals surface area contributed by atoms with Crippen LogP contribution in [0.4, 0.5) is 4.39 Å². The zero-order valence-electron chi connectivity index (χ0n) is 18.7. The second-order valence-electron chi connectivity index (χ2n) is 8.43. The Morgan fingerprint density at radius 3 is 1.78 bits per heavy atom. The van der Waals surface area contributed by atoms with Crippen molar-refractivity contribution in [3.8, 4) is 11.8 Å². The summed E-state index contributed by atoms with van der Waals surface area (Å²) in [5, 5.41) is 1.90. The van der Waals surface area contributed by atoms with Crippen molar-refractivity contribution >= 4 is 10.8 Å². The van der Waals surface area contributed by atoms with E-state index in [1.807, 2.05) is 18.2 Å². The number of rotatable bonds is 7. The standard InChI is InChI=1S/C31H29F/c1-2-3-4-5-24-6-8-25(9-7-24)10-11-26-12-14-27(15-13-26)16-17-28-18-19-30-23-31(32)21-20-29(30)22-28/h6-9,12-15,18-23H,2-5,10-11H2,1H3. The highest BCUT2D eigenvalue weighted by molar-refractivity contribution is 5.83. The van der Waals surface area contributed by atoms with Crippen molar-refractivity contribution in [3.63, 3.8) is 0 Å². The maximum atomic E-state index is 13.3. The van der Waals surface area contributed by atoms with E-state index >= 15 is 0 Å². The number of fused-ring (bicyclic) bond motifs is 1. The lowest BCUT2D eigenvalue weighted by molar-refractivity contribution is 0.630. The van der Waals surface area contributed by atoms with E-state index in [0.717, 1.165) is 34.7 Å². The first-order valence-electron chi connectivity index (χ1n) is 11.6. The highest BCUT2D eigenvalue weighted by atomic mass is 19.1. The molecule has 0 nitrogen and oxygen atoms in total. The summed E-state index contributed by atoms with van der Waals surface area (Å²) in [6.07, 6.45) is 7.14. The average molecular weight is 421 g/mol. The topological polar surface area (TPSA) is 0 Å². The number of halogens is 1. The molecule has 4 aromatic rings. The Morgan fingerprint density at radius 1 is 0.562 bits per heavy atom. The Hall–Kier alpha value is -3.37. The zero-order chi connectivity index (χ0) is 22.2. The van der Waals surface area contributed by atoms with Gasteiger partial charge in [-0.2, -0.15) is 0 Å². The van der Waals surface area contributed by atoms with Crippen LogP contribution in [-0.4, -0.2) is 0 Å². The number of hydrogen-bond donors (Lipinski definition) is 0. The molecule has 0 amide bonds. The second kappa shape index (κ2) is 10.8.